The standard InChI is InChI=1S/C17H25N5O4S/c1-12(2)22-10-17(19-11-22)27(23,24)21-13-4-6-14(7-5-13)26-16-9-18-8-15(20-16)25-3/h8-14,21H,4-7H2,1-3H3. The molecule has 2 aromatic rings. The topological polar surface area (TPSA) is 108 Å². The number of nitrogens with one attached hydrogen (secondary N) is 1. The Morgan fingerprint density at radius 3 is 2.52 bits per heavy atom. The van der Waals surface area contributed by atoms with Gasteiger partial charge in [0, 0.05) is 18.3 Å². The molecule has 27 heavy (non-hydrogen) atoms. The number of nitrogens with zero attached hydrogens (tertiary/aromatic N) is 4. The second-order valence-corrected chi connectivity index (χ2v) is 8.53. The molecule has 0 aromatic carbocycles. The van der Waals surface area contributed by atoms with Gasteiger partial charge in [-0.2, -0.15) is 4.98 Å². The van der Waals surface area contributed by atoms with Crippen molar-refractivity contribution in [2.24, 2.45) is 0 Å². The quantitative estimate of drug-likeness (QED) is 0.763. The van der Waals surface area contributed by atoms with Crippen molar-refractivity contribution < 1.29 is 17.9 Å². The molecule has 0 aliphatic heterocycles. The van der Waals surface area contributed by atoms with Gasteiger partial charge in [0.05, 0.1) is 25.8 Å². The molecule has 0 saturated heterocycles. The normalized spacial score (nSPS) is 20.6. The van der Waals surface area contributed by atoms with Crippen LogP contribution >= 0.6 is 0 Å². The molecule has 9 nitrogen and oxygen atoms in total. The largest absolute Gasteiger partial charge is 0.480 e. The molecule has 1 aliphatic rings. The Morgan fingerprint density at radius 2 is 1.89 bits per heavy atom. The first-order valence-corrected chi connectivity index (χ1v) is 10.4. The minimum Gasteiger partial charge on any atom is -0.480 e. The highest BCUT2D eigenvalue weighted by Crippen LogP contribution is 2.24. The van der Waals surface area contributed by atoms with E-state index >= 15 is 0 Å². The summed E-state index contributed by atoms with van der Waals surface area (Å²) in [6.45, 7) is 3.94. The number of methoxy groups -OCH3 is 1. The van der Waals surface area contributed by atoms with Crippen molar-refractivity contribution in [3.8, 4) is 11.8 Å². The van der Waals surface area contributed by atoms with Gasteiger partial charge in [0.2, 0.25) is 11.8 Å². The summed E-state index contributed by atoms with van der Waals surface area (Å²) in [6, 6.07) is 0.0317. The van der Waals surface area contributed by atoms with E-state index in [4.69, 9.17) is 9.47 Å². The van der Waals surface area contributed by atoms with Crippen LogP contribution in [0.15, 0.2) is 29.9 Å². The second kappa shape index (κ2) is 8.22. The molecule has 0 atom stereocenters. The fraction of sp³-hybridized carbons (Fsp3) is 0.588. The lowest BCUT2D eigenvalue weighted by molar-refractivity contribution is 0.136. The molecular weight excluding hydrogens is 370 g/mol. The number of hydrogen-bond acceptors (Lipinski definition) is 7. The van der Waals surface area contributed by atoms with Gasteiger partial charge in [0.15, 0.2) is 5.03 Å². The van der Waals surface area contributed by atoms with E-state index in [9.17, 15) is 8.42 Å². The van der Waals surface area contributed by atoms with E-state index in [1.165, 1.54) is 13.3 Å². The molecule has 0 bridgehead atoms. The molecule has 1 N–H and O–H groups in total. The zero-order chi connectivity index (χ0) is 19.4. The number of hydrogen-bond donors (Lipinski definition) is 1. The molecule has 1 saturated carbocycles. The van der Waals surface area contributed by atoms with Gasteiger partial charge in [-0.15, -0.1) is 0 Å². The van der Waals surface area contributed by atoms with E-state index < -0.39 is 10.0 Å². The smallest absolute Gasteiger partial charge is 0.259 e. The predicted molar refractivity (Wildman–Crippen MR) is 98.2 cm³/mol. The van der Waals surface area contributed by atoms with Crippen LogP contribution < -0.4 is 14.2 Å². The van der Waals surface area contributed by atoms with E-state index in [2.05, 4.69) is 19.7 Å². The first-order valence-electron chi connectivity index (χ1n) is 8.96. The average Bonchev–Trinajstić information content (AvgIpc) is 3.15. The Bertz CT molecular complexity index is 860. The number of sulfonamides is 1. The number of imidazole rings is 1. The third kappa shape index (κ3) is 4.95. The van der Waals surface area contributed by atoms with E-state index in [0.717, 1.165) is 12.8 Å². The number of ether oxygens (including phenoxy) is 2. The summed E-state index contributed by atoms with van der Waals surface area (Å²) >= 11 is 0. The van der Waals surface area contributed by atoms with Crippen molar-refractivity contribution in [2.45, 2.75) is 62.7 Å². The molecule has 3 rings (SSSR count). The van der Waals surface area contributed by atoms with Crippen LogP contribution in [0.25, 0.3) is 0 Å². The van der Waals surface area contributed by atoms with Crippen LogP contribution in [0.3, 0.4) is 0 Å². The van der Waals surface area contributed by atoms with Gasteiger partial charge in [0.25, 0.3) is 10.0 Å². The maximum atomic E-state index is 12.5. The highest BCUT2D eigenvalue weighted by molar-refractivity contribution is 7.89. The van der Waals surface area contributed by atoms with Crippen LogP contribution in [0.2, 0.25) is 0 Å². The Morgan fingerprint density at radius 1 is 1.19 bits per heavy atom. The second-order valence-electron chi connectivity index (χ2n) is 6.87. The van der Waals surface area contributed by atoms with Gasteiger partial charge in [-0.3, -0.25) is 4.98 Å². The molecule has 0 radical (unpaired) electrons. The zero-order valence-electron chi connectivity index (χ0n) is 15.7. The van der Waals surface area contributed by atoms with Crippen molar-refractivity contribution >= 4 is 10.0 Å². The summed E-state index contributed by atoms with van der Waals surface area (Å²) in [5, 5.41) is 0.0567. The minimum atomic E-state index is -3.62. The lowest BCUT2D eigenvalue weighted by Gasteiger charge is -2.28. The van der Waals surface area contributed by atoms with Crippen molar-refractivity contribution in [3.05, 3.63) is 24.9 Å². The van der Waals surface area contributed by atoms with Crippen molar-refractivity contribution in [1.29, 1.82) is 0 Å². The zero-order valence-corrected chi connectivity index (χ0v) is 16.5. The highest BCUT2D eigenvalue weighted by atomic mass is 32.2. The van der Waals surface area contributed by atoms with E-state index in [-0.39, 0.29) is 23.2 Å². The van der Waals surface area contributed by atoms with E-state index in [0.29, 0.717) is 24.6 Å². The molecule has 2 aromatic heterocycles. The van der Waals surface area contributed by atoms with Gasteiger partial charge in [-0.1, -0.05) is 0 Å². The Hall–Kier alpha value is -2.20. The van der Waals surface area contributed by atoms with E-state index in [1.54, 1.807) is 23.3 Å². The molecule has 1 aliphatic carbocycles. The fourth-order valence-corrected chi connectivity index (χ4v) is 4.22. The third-order valence-corrected chi connectivity index (χ3v) is 5.94. The van der Waals surface area contributed by atoms with Gasteiger partial charge in [-0.25, -0.2) is 18.1 Å². The molecule has 1 fully saturated rings. The Kier molecular flexibility index (Phi) is 5.95. The Labute approximate surface area is 159 Å². The van der Waals surface area contributed by atoms with Crippen molar-refractivity contribution in [3.63, 3.8) is 0 Å². The summed E-state index contributed by atoms with van der Waals surface area (Å²) in [7, 11) is -2.10. The summed E-state index contributed by atoms with van der Waals surface area (Å²) in [5.74, 6) is 0.812. The van der Waals surface area contributed by atoms with Crippen LogP contribution in [0.1, 0.15) is 45.6 Å². The maximum Gasteiger partial charge on any atom is 0.259 e. The first kappa shape index (κ1) is 19.6. The highest BCUT2D eigenvalue weighted by Gasteiger charge is 2.28. The number of aromatic nitrogens is 4. The minimum absolute atomic E-state index is 0.0210. The molecule has 148 valence electrons. The summed E-state index contributed by atoms with van der Waals surface area (Å²) in [5.41, 5.74) is 0. The third-order valence-electron chi connectivity index (χ3n) is 4.53. The molecule has 0 unspecified atom stereocenters. The summed E-state index contributed by atoms with van der Waals surface area (Å²) < 4.78 is 40.5. The molecule has 0 spiro atoms. The Balaban J connectivity index is 1.54. The first-order chi connectivity index (χ1) is 12.9. The van der Waals surface area contributed by atoms with Gasteiger partial charge < -0.3 is 14.0 Å². The van der Waals surface area contributed by atoms with Crippen LogP contribution in [-0.2, 0) is 10.0 Å². The summed E-state index contributed by atoms with van der Waals surface area (Å²) in [4.78, 5) is 12.2. The molecule has 10 heteroatoms. The van der Waals surface area contributed by atoms with Crippen molar-refractivity contribution in [2.75, 3.05) is 7.11 Å². The van der Waals surface area contributed by atoms with Gasteiger partial charge in [-0.05, 0) is 39.5 Å². The lowest BCUT2D eigenvalue weighted by atomic mass is 9.94. The summed E-state index contributed by atoms with van der Waals surface area (Å²) in [6.07, 6.45) is 8.97. The van der Waals surface area contributed by atoms with Crippen LogP contribution in [0.5, 0.6) is 11.8 Å². The van der Waals surface area contributed by atoms with Crippen LogP contribution in [-0.4, -0.2) is 47.2 Å². The van der Waals surface area contributed by atoms with E-state index in [1.807, 2.05) is 13.8 Å². The van der Waals surface area contributed by atoms with Crippen molar-refractivity contribution in [1.82, 2.24) is 24.2 Å². The fourth-order valence-electron chi connectivity index (χ4n) is 2.97. The SMILES string of the molecule is COc1cncc(OC2CCC(NS(=O)(=O)c3cn(C(C)C)cn3)CC2)n1. The molecular formula is C17H25N5O4S. The van der Waals surface area contributed by atoms with Gasteiger partial charge >= 0.3 is 0 Å². The van der Waals surface area contributed by atoms with Crippen LogP contribution in [0.4, 0.5) is 0 Å². The number of rotatable bonds is 7. The monoisotopic (exact) mass is 395 g/mol. The maximum absolute atomic E-state index is 12.5. The van der Waals surface area contributed by atoms with Crippen LogP contribution in [0, 0.1) is 0 Å². The average molecular weight is 395 g/mol. The predicted octanol–water partition coefficient (Wildman–Crippen LogP) is 1.93. The molecule has 0 amide bonds. The molecule has 2 heterocycles. The lowest BCUT2D eigenvalue weighted by Crippen LogP contribution is -2.39. The van der Waals surface area contributed by atoms with Gasteiger partial charge in [0.1, 0.15) is 6.10 Å².